The van der Waals surface area contributed by atoms with Gasteiger partial charge in [-0.15, -0.1) is 0 Å². The van der Waals surface area contributed by atoms with Crippen molar-refractivity contribution in [2.45, 2.75) is 38.7 Å². The molecule has 2 unspecified atom stereocenters. The summed E-state index contributed by atoms with van der Waals surface area (Å²) in [6.07, 6.45) is 8.29. The monoisotopic (exact) mass is 226 g/mol. The van der Waals surface area contributed by atoms with Gasteiger partial charge in [0.2, 0.25) is 5.88 Å². The molecule has 82 valence electrons. The van der Waals surface area contributed by atoms with E-state index in [2.05, 4.69) is 16.9 Å². The molecule has 15 heavy (non-hydrogen) atoms. The summed E-state index contributed by atoms with van der Waals surface area (Å²) in [4.78, 5) is 8.04. The van der Waals surface area contributed by atoms with Crippen LogP contribution in [0.1, 0.15) is 32.6 Å². The lowest BCUT2D eigenvalue weighted by Gasteiger charge is -2.28. The average Bonchev–Trinajstić information content (AvgIpc) is 2.22. The van der Waals surface area contributed by atoms with Gasteiger partial charge in [-0.25, -0.2) is 0 Å². The maximum atomic E-state index is 5.79. The topological polar surface area (TPSA) is 35.0 Å². The van der Waals surface area contributed by atoms with Gasteiger partial charge in [0.15, 0.2) is 5.15 Å². The molecule has 1 aromatic rings. The van der Waals surface area contributed by atoms with Crippen LogP contribution in [0.3, 0.4) is 0 Å². The van der Waals surface area contributed by atoms with Crippen LogP contribution < -0.4 is 4.74 Å². The van der Waals surface area contributed by atoms with Crippen molar-refractivity contribution in [3.8, 4) is 5.88 Å². The molecule has 1 heterocycles. The zero-order chi connectivity index (χ0) is 10.7. The molecule has 0 aromatic carbocycles. The van der Waals surface area contributed by atoms with E-state index in [4.69, 9.17) is 16.3 Å². The molecule has 1 aliphatic rings. The number of nitrogens with zero attached hydrogens (tertiary/aromatic N) is 2. The number of hydrogen-bond acceptors (Lipinski definition) is 3. The standard InChI is InChI=1S/C11H15ClN2O/c1-8-4-2-3-5-9(8)15-11-7-13-6-10(12)14-11/h6-9H,2-5H2,1H3. The number of hydrogen-bond donors (Lipinski definition) is 0. The van der Waals surface area contributed by atoms with Crippen LogP contribution in [0.5, 0.6) is 5.88 Å². The van der Waals surface area contributed by atoms with Gasteiger partial charge >= 0.3 is 0 Å². The summed E-state index contributed by atoms with van der Waals surface area (Å²) in [5.74, 6) is 1.14. The van der Waals surface area contributed by atoms with Crippen LogP contribution in [0.25, 0.3) is 0 Å². The zero-order valence-corrected chi connectivity index (χ0v) is 9.57. The Bertz CT molecular complexity index is 332. The molecule has 3 nitrogen and oxygen atoms in total. The second-order valence-corrected chi connectivity index (χ2v) is 4.49. The summed E-state index contributed by atoms with van der Waals surface area (Å²) in [6.45, 7) is 2.22. The van der Waals surface area contributed by atoms with Gasteiger partial charge in [-0.05, 0) is 25.2 Å². The lowest BCUT2D eigenvalue weighted by Crippen LogP contribution is -2.28. The summed E-state index contributed by atoms with van der Waals surface area (Å²) >= 11 is 5.75. The molecule has 1 aliphatic carbocycles. The molecule has 0 aliphatic heterocycles. The van der Waals surface area contributed by atoms with Crippen molar-refractivity contribution in [1.29, 1.82) is 0 Å². The Morgan fingerprint density at radius 1 is 1.33 bits per heavy atom. The lowest BCUT2D eigenvalue weighted by atomic mass is 9.88. The number of rotatable bonds is 2. The first-order valence-electron chi connectivity index (χ1n) is 5.40. The van der Waals surface area contributed by atoms with Gasteiger partial charge in [0, 0.05) is 0 Å². The summed E-state index contributed by atoms with van der Waals surface area (Å²) in [5, 5.41) is 0.385. The van der Waals surface area contributed by atoms with Crippen molar-refractivity contribution < 1.29 is 4.74 Å². The summed E-state index contributed by atoms with van der Waals surface area (Å²) in [7, 11) is 0. The lowest BCUT2D eigenvalue weighted by molar-refractivity contribution is 0.0971. The van der Waals surface area contributed by atoms with E-state index in [1.807, 2.05) is 0 Å². The van der Waals surface area contributed by atoms with Crippen molar-refractivity contribution in [2.75, 3.05) is 0 Å². The van der Waals surface area contributed by atoms with Crippen molar-refractivity contribution >= 4 is 11.6 Å². The predicted octanol–water partition coefficient (Wildman–Crippen LogP) is 3.09. The highest BCUT2D eigenvalue weighted by Crippen LogP contribution is 2.27. The summed E-state index contributed by atoms with van der Waals surface area (Å²) in [5.41, 5.74) is 0. The first kappa shape index (κ1) is 10.7. The van der Waals surface area contributed by atoms with Crippen LogP contribution in [-0.4, -0.2) is 16.1 Å². The third-order valence-electron chi connectivity index (χ3n) is 2.89. The van der Waals surface area contributed by atoms with E-state index in [-0.39, 0.29) is 6.10 Å². The minimum Gasteiger partial charge on any atom is -0.473 e. The van der Waals surface area contributed by atoms with E-state index in [1.54, 1.807) is 6.20 Å². The fraction of sp³-hybridized carbons (Fsp3) is 0.636. The average molecular weight is 227 g/mol. The third kappa shape index (κ3) is 2.81. The molecule has 2 rings (SSSR count). The van der Waals surface area contributed by atoms with Gasteiger partial charge in [0.25, 0.3) is 0 Å². The van der Waals surface area contributed by atoms with E-state index in [1.165, 1.54) is 25.5 Å². The smallest absolute Gasteiger partial charge is 0.234 e. The van der Waals surface area contributed by atoms with E-state index in [0.29, 0.717) is 17.0 Å². The predicted molar refractivity (Wildman–Crippen MR) is 59.1 cm³/mol. The van der Waals surface area contributed by atoms with Gasteiger partial charge in [-0.1, -0.05) is 24.9 Å². The fourth-order valence-corrected chi connectivity index (χ4v) is 2.13. The van der Waals surface area contributed by atoms with Gasteiger partial charge in [-0.2, -0.15) is 4.98 Å². The number of aromatic nitrogens is 2. The Kier molecular flexibility index (Phi) is 3.41. The molecule has 4 heteroatoms. The second-order valence-electron chi connectivity index (χ2n) is 4.10. The first-order valence-corrected chi connectivity index (χ1v) is 5.77. The first-order chi connectivity index (χ1) is 7.25. The Balaban J connectivity index is 2.01. The molecule has 0 amide bonds. The normalized spacial score (nSPS) is 26.3. The Morgan fingerprint density at radius 3 is 2.87 bits per heavy atom. The van der Waals surface area contributed by atoms with Crippen molar-refractivity contribution in [2.24, 2.45) is 5.92 Å². The molecule has 0 spiro atoms. The van der Waals surface area contributed by atoms with Gasteiger partial charge in [0.1, 0.15) is 6.10 Å². The molecule has 2 atom stereocenters. The van der Waals surface area contributed by atoms with Gasteiger partial charge in [-0.3, -0.25) is 4.98 Å². The summed E-state index contributed by atoms with van der Waals surface area (Å²) < 4.78 is 5.79. The van der Waals surface area contributed by atoms with Crippen LogP contribution >= 0.6 is 11.6 Å². The molecule has 0 saturated heterocycles. The minimum absolute atomic E-state index is 0.270. The quantitative estimate of drug-likeness (QED) is 0.778. The second kappa shape index (κ2) is 4.79. The van der Waals surface area contributed by atoms with Gasteiger partial charge in [0.05, 0.1) is 12.4 Å². The van der Waals surface area contributed by atoms with E-state index >= 15 is 0 Å². The number of halogens is 1. The Hall–Kier alpha value is -0.830. The van der Waals surface area contributed by atoms with Crippen LogP contribution in [0, 0.1) is 5.92 Å². The minimum atomic E-state index is 0.270. The Labute approximate surface area is 94.8 Å². The maximum Gasteiger partial charge on any atom is 0.234 e. The fourth-order valence-electron chi connectivity index (χ4n) is 1.99. The Morgan fingerprint density at radius 2 is 2.13 bits per heavy atom. The highest BCUT2D eigenvalue weighted by atomic mass is 35.5. The van der Waals surface area contributed by atoms with Crippen molar-refractivity contribution in [3.63, 3.8) is 0 Å². The molecule has 0 N–H and O–H groups in total. The van der Waals surface area contributed by atoms with Crippen molar-refractivity contribution in [1.82, 2.24) is 9.97 Å². The highest BCUT2D eigenvalue weighted by molar-refractivity contribution is 6.29. The summed E-state index contributed by atoms with van der Waals surface area (Å²) in [6, 6.07) is 0. The van der Waals surface area contributed by atoms with E-state index in [0.717, 1.165) is 6.42 Å². The van der Waals surface area contributed by atoms with Crippen molar-refractivity contribution in [3.05, 3.63) is 17.5 Å². The molecule has 1 saturated carbocycles. The van der Waals surface area contributed by atoms with Crippen LogP contribution in [0.2, 0.25) is 5.15 Å². The molecular formula is C11H15ClN2O. The van der Waals surface area contributed by atoms with Crippen LogP contribution in [0.4, 0.5) is 0 Å². The van der Waals surface area contributed by atoms with Gasteiger partial charge < -0.3 is 4.74 Å². The molecular weight excluding hydrogens is 212 g/mol. The van der Waals surface area contributed by atoms with E-state index < -0.39 is 0 Å². The number of ether oxygens (including phenoxy) is 1. The molecule has 1 aromatic heterocycles. The molecule has 0 radical (unpaired) electrons. The SMILES string of the molecule is CC1CCCCC1Oc1cncc(Cl)n1. The largest absolute Gasteiger partial charge is 0.473 e. The maximum absolute atomic E-state index is 5.79. The van der Waals surface area contributed by atoms with Crippen LogP contribution in [0.15, 0.2) is 12.4 Å². The third-order valence-corrected chi connectivity index (χ3v) is 3.07. The van der Waals surface area contributed by atoms with E-state index in [9.17, 15) is 0 Å². The molecule has 1 fully saturated rings. The van der Waals surface area contributed by atoms with Crippen LogP contribution in [-0.2, 0) is 0 Å². The zero-order valence-electron chi connectivity index (χ0n) is 8.82. The highest BCUT2D eigenvalue weighted by Gasteiger charge is 2.23. The molecule has 0 bridgehead atoms.